The van der Waals surface area contributed by atoms with Crippen molar-refractivity contribution < 1.29 is 4.74 Å². The van der Waals surface area contributed by atoms with Crippen LogP contribution in [0, 0.1) is 0 Å². The number of benzene rings is 1. The van der Waals surface area contributed by atoms with E-state index in [2.05, 4.69) is 45.1 Å². The molecule has 0 spiro atoms. The Balaban J connectivity index is 0.00000324. The van der Waals surface area contributed by atoms with E-state index in [1.54, 1.807) is 0 Å². The average Bonchev–Trinajstić information content (AvgIpc) is 2.35. The van der Waals surface area contributed by atoms with Crippen molar-refractivity contribution in [2.45, 2.75) is 47.6 Å². The lowest BCUT2D eigenvalue weighted by molar-refractivity contribution is 0.148. The van der Waals surface area contributed by atoms with E-state index in [4.69, 9.17) is 4.74 Å². The van der Waals surface area contributed by atoms with Crippen molar-refractivity contribution in [3.05, 3.63) is 59.2 Å². The lowest BCUT2D eigenvalue weighted by atomic mass is 10.1. The van der Waals surface area contributed by atoms with Crippen LogP contribution in [0.5, 0.6) is 0 Å². The van der Waals surface area contributed by atoms with E-state index in [0.717, 1.165) is 12.8 Å². The second-order valence-electron chi connectivity index (χ2n) is 4.87. The van der Waals surface area contributed by atoms with Crippen molar-refractivity contribution in [3.8, 4) is 0 Å². The molecule has 0 fully saturated rings. The van der Waals surface area contributed by atoms with Gasteiger partial charge in [0.15, 0.2) is 0 Å². The zero-order valence-electron chi connectivity index (χ0n) is 11.8. The van der Waals surface area contributed by atoms with Crippen LogP contribution in [0.2, 0.25) is 0 Å². The van der Waals surface area contributed by atoms with Crippen LogP contribution in [0.1, 0.15) is 46.6 Å². The highest BCUT2D eigenvalue weighted by Crippen LogP contribution is 2.07. The number of hydrogen-bond acceptors (Lipinski definition) is 1. The molecule has 0 aliphatic heterocycles. The topological polar surface area (TPSA) is 9.23 Å². The molecule has 0 saturated heterocycles. The minimum Gasteiger partial charge on any atom is -0.373 e. The summed E-state index contributed by atoms with van der Waals surface area (Å²) in [5.41, 5.74) is 4.02. The van der Waals surface area contributed by atoms with Gasteiger partial charge in [0.1, 0.15) is 0 Å². The fourth-order valence-electron chi connectivity index (χ4n) is 1.64. The molecule has 0 bridgehead atoms. The molecule has 19 heavy (non-hydrogen) atoms. The molecule has 0 aliphatic carbocycles. The Morgan fingerprint density at radius 3 is 2.37 bits per heavy atom. The molecule has 1 aromatic rings. The highest BCUT2D eigenvalue weighted by Gasteiger charge is 1.92. The Kier molecular flexibility index (Phi) is 9.82. The first-order chi connectivity index (χ1) is 8.68. The Hall–Kier alpha value is -1.34. The predicted molar refractivity (Wildman–Crippen MR) is 85.3 cm³/mol. The fraction of sp³-hybridized carbons (Fsp3) is 0.444. The van der Waals surface area contributed by atoms with Crippen LogP contribution in [-0.2, 0) is 11.3 Å². The van der Waals surface area contributed by atoms with Gasteiger partial charge in [0.25, 0.3) is 0 Å². The molecule has 0 N–H and O–H groups in total. The lowest BCUT2D eigenvalue weighted by Crippen LogP contribution is -1.93. The standard InChI is InChI=1S/C17H24O.CH4/c1-15(2)8-7-9-16(3)12-13-18-14-17-10-5-4-6-11-17;/h4-6,8,10-12H,7,9,13-14H2,1-3H3;1H4/b16-12+;. The maximum absolute atomic E-state index is 5.63. The summed E-state index contributed by atoms with van der Waals surface area (Å²) in [5.74, 6) is 0. The molecule has 0 aromatic heterocycles. The SMILES string of the molecule is C.CC(C)=CCC/C(C)=C/COCc1ccccc1. The molecule has 0 radical (unpaired) electrons. The minimum absolute atomic E-state index is 0. The van der Waals surface area contributed by atoms with Crippen LogP contribution in [0.25, 0.3) is 0 Å². The molecular weight excluding hydrogens is 232 g/mol. The number of rotatable bonds is 7. The summed E-state index contributed by atoms with van der Waals surface area (Å²) in [6.07, 6.45) is 6.72. The summed E-state index contributed by atoms with van der Waals surface area (Å²) in [7, 11) is 0. The van der Waals surface area contributed by atoms with E-state index >= 15 is 0 Å². The first-order valence-electron chi connectivity index (χ1n) is 6.59. The molecule has 1 nitrogen and oxygen atoms in total. The second kappa shape index (κ2) is 10.6. The van der Waals surface area contributed by atoms with E-state index in [0.29, 0.717) is 13.2 Å². The molecule has 0 saturated carbocycles. The van der Waals surface area contributed by atoms with Gasteiger partial charge in [-0.25, -0.2) is 0 Å². The first kappa shape index (κ1) is 17.7. The molecule has 106 valence electrons. The third-order valence-electron chi connectivity index (χ3n) is 2.75. The van der Waals surface area contributed by atoms with E-state index in [1.165, 1.54) is 16.7 Å². The molecule has 0 unspecified atom stereocenters. The summed E-state index contributed by atoms with van der Waals surface area (Å²) in [4.78, 5) is 0. The lowest BCUT2D eigenvalue weighted by Gasteiger charge is -2.03. The zero-order valence-corrected chi connectivity index (χ0v) is 11.8. The van der Waals surface area contributed by atoms with Gasteiger partial charge >= 0.3 is 0 Å². The zero-order chi connectivity index (χ0) is 13.2. The Bertz CT molecular complexity index is 383. The first-order valence-corrected chi connectivity index (χ1v) is 6.59. The Morgan fingerprint density at radius 2 is 1.74 bits per heavy atom. The molecule has 1 heteroatoms. The molecule has 1 rings (SSSR count). The summed E-state index contributed by atoms with van der Waals surface area (Å²) in [6, 6.07) is 10.3. The number of ether oxygens (including phenoxy) is 1. The van der Waals surface area contributed by atoms with Gasteiger partial charge in [-0.1, -0.05) is 61.1 Å². The van der Waals surface area contributed by atoms with Crippen LogP contribution in [0.4, 0.5) is 0 Å². The Labute approximate surface area is 119 Å². The fourth-order valence-corrected chi connectivity index (χ4v) is 1.64. The van der Waals surface area contributed by atoms with Crippen molar-refractivity contribution in [3.63, 3.8) is 0 Å². The maximum atomic E-state index is 5.63. The average molecular weight is 260 g/mol. The largest absolute Gasteiger partial charge is 0.373 e. The van der Waals surface area contributed by atoms with Crippen LogP contribution in [0.3, 0.4) is 0 Å². The van der Waals surface area contributed by atoms with Crippen molar-refractivity contribution in [1.82, 2.24) is 0 Å². The van der Waals surface area contributed by atoms with Gasteiger partial charge in [-0.05, 0) is 39.2 Å². The third kappa shape index (κ3) is 9.26. The van der Waals surface area contributed by atoms with Gasteiger partial charge < -0.3 is 4.74 Å². The number of allylic oxidation sites excluding steroid dienone is 3. The summed E-state index contributed by atoms with van der Waals surface area (Å²) < 4.78 is 5.63. The monoisotopic (exact) mass is 260 g/mol. The van der Waals surface area contributed by atoms with Crippen molar-refractivity contribution >= 4 is 0 Å². The molecule has 0 aliphatic rings. The van der Waals surface area contributed by atoms with Gasteiger partial charge in [0.05, 0.1) is 13.2 Å². The molecular formula is C18H28O. The van der Waals surface area contributed by atoms with Gasteiger partial charge in [-0.15, -0.1) is 0 Å². The molecule has 0 amide bonds. The highest BCUT2D eigenvalue weighted by molar-refractivity contribution is 5.13. The van der Waals surface area contributed by atoms with Crippen molar-refractivity contribution in [1.29, 1.82) is 0 Å². The predicted octanol–water partition coefficient (Wildman–Crippen LogP) is 5.53. The minimum atomic E-state index is 0. The summed E-state index contributed by atoms with van der Waals surface area (Å²) in [5, 5.41) is 0. The number of hydrogen-bond donors (Lipinski definition) is 0. The summed E-state index contributed by atoms with van der Waals surface area (Å²) >= 11 is 0. The summed E-state index contributed by atoms with van der Waals surface area (Å²) in [6.45, 7) is 7.85. The van der Waals surface area contributed by atoms with Gasteiger partial charge in [0, 0.05) is 0 Å². The molecule has 0 atom stereocenters. The normalized spacial score (nSPS) is 10.8. The van der Waals surface area contributed by atoms with Gasteiger partial charge in [-0.2, -0.15) is 0 Å². The molecule has 1 aromatic carbocycles. The van der Waals surface area contributed by atoms with E-state index in [1.807, 2.05) is 18.2 Å². The van der Waals surface area contributed by atoms with Crippen LogP contribution in [0.15, 0.2) is 53.6 Å². The van der Waals surface area contributed by atoms with Crippen LogP contribution in [-0.4, -0.2) is 6.61 Å². The van der Waals surface area contributed by atoms with E-state index in [9.17, 15) is 0 Å². The smallest absolute Gasteiger partial charge is 0.0721 e. The van der Waals surface area contributed by atoms with Gasteiger partial charge in [-0.3, -0.25) is 0 Å². The van der Waals surface area contributed by atoms with Crippen LogP contribution >= 0.6 is 0 Å². The quantitative estimate of drug-likeness (QED) is 0.462. The third-order valence-corrected chi connectivity index (χ3v) is 2.75. The van der Waals surface area contributed by atoms with E-state index in [-0.39, 0.29) is 7.43 Å². The van der Waals surface area contributed by atoms with Crippen molar-refractivity contribution in [2.24, 2.45) is 0 Å². The van der Waals surface area contributed by atoms with E-state index < -0.39 is 0 Å². The van der Waals surface area contributed by atoms with Gasteiger partial charge in [0.2, 0.25) is 0 Å². The second-order valence-corrected chi connectivity index (χ2v) is 4.87. The maximum Gasteiger partial charge on any atom is 0.0721 e. The Morgan fingerprint density at radius 1 is 1.05 bits per heavy atom. The highest BCUT2D eigenvalue weighted by atomic mass is 16.5. The molecule has 0 heterocycles. The van der Waals surface area contributed by atoms with Crippen LogP contribution < -0.4 is 0 Å². The van der Waals surface area contributed by atoms with Crippen molar-refractivity contribution in [2.75, 3.05) is 6.61 Å².